The highest BCUT2D eigenvalue weighted by Gasteiger charge is 2.16. The van der Waals surface area contributed by atoms with Crippen molar-refractivity contribution in [1.29, 1.82) is 0 Å². The number of hydrogen-bond donors (Lipinski definition) is 1. The second-order valence-electron chi connectivity index (χ2n) is 2.44. The van der Waals surface area contributed by atoms with Gasteiger partial charge in [0.15, 0.2) is 0 Å². The van der Waals surface area contributed by atoms with Gasteiger partial charge in [0.25, 0.3) is 0 Å². The third kappa shape index (κ3) is 4.79. The SMILES string of the molecule is CC(Cl)CCC(C=O)C(=O)O. The molecule has 0 saturated heterocycles. The molecular formula is C7H11ClO3. The number of alkyl halides is 1. The molecule has 4 heteroatoms. The first kappa shape index (κ1) is 10.4. The first-order valence-corrected chi connectivity index (χ1v) is 3.83. The number of hydrogen-bond acceptors (Lipinski definition) is 2. The Labute approximate surface area is 70.3 Å². The fraction of sp³-hybridized carbons (Fsp3) is 0.714. The summed E-state index contributed by atoms with van der Waals surface area (Å²) in [5.41, 5.74) is 0. The van der Waals surface area contributed by atoms with Crippen LogP contribution >= 0.6 is 11.6 Å². The Morgan fingerprint density at radius 2 is 2.18 bits per heavy atom. The molecule has 0 aliphatic rings. The predicted octanol–water partition coefficient (Wildman–Crippen LogP) is 1.29. The van der Waals surface area contributed by atoms with Gasteiger partial charge in [0, 0.05) is 5.38 Å². The summed E-state index contributed by atoms with van der Waals surface area (Å²) in [6.45, 7) is 1.77. The molecule has 0 spiro atoms. The first-order chi connectivity index (χ1) is 5.07. The number of rotatable bonds is 5. The molecule has 0 radical (unpaired) electrons. The second kappa shape index (κ2) is 5.13. The fourth-order valence-electron chi connectivity index (χ4n) is 0.659. The zero-order valence-electron chi connectivity index (χ0n) is 6.29. The van der Waals surface area contributed by atoms with Gasteiger partial charge in [-0.15, -0.1) is 11.6 Å². The number of carbonyl (C=O) groups is 2. The van der Waals surface area contributed by atoms with Crippen molar-refractivity contribution in [1.82, 2.24) is 0 Å². The van der Waals surface area contributed by atoms with Crippen molar-refractivity contribution in [3.63, 3.8) is 0 Å². The molecule has 0 heterocycles. The van der Waals surface area contributed by atoms with Crippen molar-refractivity contribution < 1.29 is 14.7 Å². The predicted molar refractivity (Wildman–Crippen MR) is 41.7 cm³/mol. The van der Waals surface area contributed by atoms with Gasteiger partial charge in [-0.25, -0.2) is 0 Å². The van der Waals surface area contributed by atoms with Crippen molar-refractivity contribution in [2.45, 2.75) is 25.1 Å². The van der Waals surface area contributed by atoms with Crippen LogP contribution in [0.2, 0.25) is 0 Å². The Balaban J connectivity index is 3.70. The molecule has 0 aliphatic heterocycles. The largest absolute Gasteiger partial charge is 0.481 e. The summed E-state index contributed by atoms with van der Waals surface area (Å²) in [6.07, 6.45) is 1.32. The third-order valence-electron chi connectivity index (χ3n) is 1.36. The van der Waals surface area contributed by atoms with Gasteiger partial charge in [-0.05, 0) is 19.8 Å². The van der Waals surface area contributed by atoms with E-state index in [2.05, 4.69) is 0 Å². The van der Waals surface area contributed by atoms with Crippen LogP contribution in [0.5, 0.6) is 0 Å². The number of carboxylic acids is 1. The fourth-order valence-corrected chi connectivity index (χ4v) is 0.785. The lowest BCUT2D eigenvalue weighted by Crippen LogP contribution is -2.15. The van der Waals surface area contributed by atoms with Crippen molar-refractivity contribution in [2.75, 3.05) is 0 Å². The van der Waals surface area contributed by atoms with Gasteiger partial charge in [0.05, 0.1) is 0 Å². The van der Waals surface area contributed by atoms with E-state index < -0.39 is 11.9 Å². The number of aliphatic carboxylic acids is 1. The van der Waals surface area contributed by atoms with Crippen molar-refractivity contribution in [2.24, 2.45) is 5.92 Å². The Hall–Kier alpha value is -0.570. The van der Waals surface area contributed by atoms with Crippen molar-refractivity contribution in [3.05, 3.63) is 0 Å². The van der Waals surface area contributed by atoms with E-state index in [9.17, 15) is 9.59 Å². The maximum Gasteiger partial charge on any atom is 0.313 e. The van der Waals surface area contributed by atoms with Crippen molar-refractivity contribution >= 4 is 23.9 Å². The van der Waals surface area contributed by atoms with Gasteiger partial charge in [-0.3, -0.25) is 4.79 Å². The van der Waals surface area contributed by atoms with Crippen LogP contribution in [0.1, 0.15) is 19.8 Å². The highest BCUT2D eigenvalue weighted by Crippen LogP contribution is 2.10. The minimum atomic E-state index is -1.07. The maximum absolute atomic E-state index is 10.3. The lowest BCUT2D eigenvalue weighted by molar-refractivity contribution is -0.143. The smallest absolute Gasteiger partial charge is 0.313 e. The third-order valence-corrected chi connectivity index (χ3v) is 1.58. The minimum Gasteiger partial charge on any atom is -0.481 e. The topological polar surface area (TPSA) is 54.4 Å². The van der Waals surface area contributed by atoms with E-state index >= 15 is 0 Å². The summed E-state index contributed by atoms with van der Waals surface area (Å²) in [5.74, 6) is -1.96. The van der Waals surface area contributed by atoms with E-state index in [1.54, 1.807) is 6.92 Å². The number of carbonyl (C=O) groups excluding carboxylic acids is 1. The Kier molecular flexibility index (Phi) is 4.86. The summed E-state index contributed by atoms with van der Waals surface area (Å²) in [4.78, 5) is 20.4. The van der Waals surface area contributed by atoms with E-state index in [4.69, 9.17) is 16.7 Å². The molecule has 64 valence electrons. The molecule has 0 aromatic heterocycles. The van der Waals surface area contributed by atoms with Gasteiger partial charge < -0.3 is 9.90 Å². The zero-order valence-corrected chi connectivity index (χ0v) is 7.04. The number of aldehydes is 1. The lowest BCUT2D eigenvalue weighted by Gasteiger charge is -2.04. The monoisotopic (exact) mass is 178 g/mol. The maximum atomic E-state index is 10.3. The summed E-state index contributed by atoms with van der Waals surface area (Å²) in [5, 5.41) is 8.34. The molecule has 0 bridgehead atoms. The summed E-state index contributed by atoms with van der Waals surface area (Å²) >= 11 is 5.57. The number of carboxylic acid groups (broad SMARTS) is 1. The molecule has 0 aromatic rings. The lowest BCUT2D eigenvalue weighted by atomic mass is 10.0. The van der Waals surface area contributed by atoms with E-state index in [0.717, 1.165) is 0 Å². The Morgan fingerprint density at radius 3 is 2.45 bits per heavy atom. The van der Waals surface area contributed by atoms with Crippen LogP contribution in [-0.4, -0.2) is 22.7 Å². The molecule has 0 amide bonds. The van der Waals surface area contributed by atoms with Crippen molar-refractivity contribution in [3.8, 4) is 0 Å². The zero-order chi connectivity index (χ0) is 8.85. The standard InChI is InChI=1S/C7H11ClO3/c1-5(8)2-3-6(4-9)7(10)11/h4-6H,2-3H2,1H3,(H,10,11). The minimum absolute atomic E-state index is 0.0724. The van der Waals surface area contributed by atoms with Gasteiger partial charge >= 0.3 is 5.97 Å². The summed E-state index contributed by atoms with van der Waals surface area (Å²) < 4.78 is 0. The molecule has 1 N–H and O–H groups in total. The summed E-state index contributed by atoms with van der Waals surface area (Å²) in [6, 6.07) is 0. The molecule has 11 heavy (non-hydrogen) atoms. The Morgan fingerprint density at radius 1 is 1.64 bits per heavy atom. The van der Waals surface area contributed by atoms with E-state index in [-0.39, 0.29) is 5.38 Å². The summed E-state index contributed by atoms with van der Waals surface area (Å²) in [7, 11) is 0. The molecule has 0 aliphatic carbocycles. The van der Waals surface area contributed by atoms with Gasteiger partial charge in [0.2, 0.25) is 0 Å². The van der Waals surface area contributed by atoms with Gasteiger partial charge in [-0.1, -0.05) is 0 Å². The van der Waals surface area contributed by atoms with E-state index in [1.165, 1.54) is 0 Å². The quantitative estimate of drug-likeness (QED) is 0.392. The molecule has 0 aromatic carbocycles. The normalized spacial score (nSPS) is 15.5. The molecule has 2 atom stereocenters. The number of halogens is 1. The molecular weight excluding hydrogens is 168 g/mol. The Bertz CT molecular complexity index is 145. The average molecular weight is 179 g/mol. The average Bonchev–Trinajstić information content (AvgIpc) is 1.87. The van der Waals surface area contributed by atoms with Crippen LogP contribution in [0.15, 0.2) is 0 Å². The van der Waals surface area contributed by atoms with Crippen LogP contribution in [0, 0.1) is 5.92 Å². The molecule has 0 saturated carbocycles. The first-order valence-electron chi connectivity index (χ1n) is 3.40. The van der Waals surface area contributed by atoms with E-state index in [1.807, 2.05) is 0 Å². The van der Waals surface area contributed by atoms with Crippen LogP contribution in [0.25, 0.3) is 0 Å². The van der Waals surface area contributed by atoms with Crippen LogP contribution in [0.4, 0.5) is 0 Å². The van der Waals surface area contributed by atoms with E-state index in [0.29, 0.717) is 19.1 Å². The highest BCUT2D eigenvalue weighted by molar-refractivity contribution is 6.20. The van der Waals surface area contributed by atoms with Gasteiger partial charge in [0.1, 0.15) is 12.2 Å². The molecule has 3 nitrogen and oxygen atoms in total. The molecule has 0 fully saturated rings. The highest BCUT2D eigenvalue weighted by atomic mass is 35.5. The molecule has 0 rings (SSSR count). The second-order valence-corrected chi connectivity index (χ2v) is 3.18. The molecule has 2 unspecified atom stereocenters. The van der Waals surface area contributed by atoms with Crippen LogP contribution in [0.3, 0.4) is 0 Å². The van der Waals surface area contributed by atoms with Crippen LogP contribution < -0.4 is 0 Å². The van der Waals surface area contributed by atoms with Crippen LogP contribution in [-0.2, 0) is 9.59 Å². The van der Waals surface area contributed by atoms with Gasteiger partial charge in [-0.2, -0.15) is 0 Å².